The molecule has 3 aromatic rings. The average molecular weight is 475 g/mol. The SMILES string of the molecule is Cc1ccc(-c2c(CNC(=O)OC(C)(C)C)c(CC(C)C)nc3ccc(C=CC(=O)O)cc23)cc1. The molecule has 0 saturated carbocycles. The van der Waals surface area contributed by atoms with Gasteiger partial charge >= 0.3 is 12.1 Å². The van der Waals surface area contributed by atoms with Crippen LogP contribution in [-0.2, 0) is 22.5 Å². The van der Waals surface area contributed by atoms with Crippen LogP contribution in [0.2, 0.25) is 0 Å². The van der Waals surface area contributed by atoms with Crippen LogP contribution in [0.1, 0.15) is 57.0 Å². The van der Waals surface area contributed by atoms with Crippen LogP contribution in [-0.4, -0.2) is 27.8 Å². The molecule has 0 bridgehead atoms. The third-order valence-electron chi connectivity index (χ3n) is 5.36. The third kappa shape index (κ3) is 7.15. The smallest absolute Gasteiger partial charge is 0.407 e. The summed E-state index contributed by atoms with van der Waals surface area (Å²) >= 11 is 0. The van der Waals surface area contributed by atoms with Gasteiger partial charge in [-0.05, 0) is 74.9 Å². The van der Waals surface area contributed by atoms with E-state index in [0.717, 1.165) is 56.9 Å². The van der Waals surface area contributed by atoms with Crippen LogP contribution in [0.5, 0.6) is 0 Å². The Labute approximate surface area is 207 Å². The minimum atomic E-state index is -1.00. The number of alkyl carbamates (subject to hydrolysis) is 1. The number of hydrogen-bond acceptors (Lipinski definition) is 4. The van der Waals surface area contributed by atoms with Crippen LogP contribution in [0.15, 0.2) is 48.5 Å². The number of hydrogen-bond donors (Lipinski definition) is 2. The van der Waals surface area contributed by atoms with Crippen molar-refractivity contribution < 1.29 is 19.4 Å². The fraction of sp³-hybridized carbons (Fsp3) is 0.345. The Morgan fingerprint density at radius 2 is 1.80 bits per heavy atom. The van der Waals surface area contributed by atoms with E-state index in [-0.39, 0.29) is 6.54 Å². The first-order valence-electron chi connectivity index (χ1n) is 11.8. The van der Waals surface area contributed by atoms with Gasteiger partial charge in [0, 0.05) is 29.3 Å². The number of aliphatic carboxylic acids is 1. The van der Waals surface area contributed by atoms with Crippen molar-refractivity contribution in [2.45, 2.75) is 60.1 Å². The molecule has 0 spiro atoms. The van der Waals surface area contributed by atoms with Crippen LogP contribution >= 0.6 is 0 Å². The molecule has 1 heterocycles. The van der Waals surface area contributed by atoms with E-state index in [1.807, 2.05) is 45.9 Å². The summed E-state index contributed by atoms with van der Waals surface area (Å²) in [5, 5.41) is 12.9. The summed E-state index contributed by atoms with van der Waals surface area (Å²) in [6.45, 7) is 12.1. The number of benzene rings is 2. The van der Waals surface area contributed by atoms with E-state index < -0.39 is 17.7 Å². The highest BCUT2D eigenvalue weighted by Crippen LogP contribution is 2.35. The van der Waals surface area contributed by atoms with Gasteiger partial charge in [-0.1, -0.05) is 49.7 Å². The molecule has 2 aromatic carbocycles. The highest BCUT2D eigenvalue weighted by molar-refractivity contribution is 5.98. The molecule has 0 radical (unpaired) electrons. The molecule has 0 atom stereocenters. The van der Waals surface area contributed by atoms with Gasteiger partial charge in [-0.25, -0.2) is 9.59 Å². The zero-order chi connectivity index (χ0) is 25.8. The fourth-order valence-electron chi connectivity index (χ4n) is 3.91. The summed E-state index contributed by atoms with van der Waals surface area (Å²) in [6.07, 6.45) is 2.96. The van der Waals surface area contributed by atoms with Gasteiger partial charge < -0.3 is 15.2 Å². The quantitative estimate of drug-likeness (QED) is 0.380. The first-order chi connectivity index (χ1) is 16.4. The fourth-order valence-corrected chi connectivity index (χ4v) is 3.91. The van der Waals surface area contributed by atoms with Crippen LogP contribution in [0, 0.1) is 12.8 Å². The van der Waals surface area contributed by atoms with Crippen LogP contribution in [0.25, 0.3) is 28.1 Å². The van der Waals surface area contributed by atoms with Crippen molar-refractivity contribution in [1.82, 2.24) is 10.3 Å². The lowest BCUT2D eigenvalue weighted by Gasteiger charge is -2.22. The molecule has 3 rings (SSSR count). The standard InChI is InChI=1S/C29H34N2O4/c1-18(2)15-25-23(17-30-28(34)35-29(4,5)6)27(21-11-7-19(3)8-12-21)22-16-20(10-14-26(32)33)9-13-24(22)31-25/h7-14,16,18H,15,17H2,1-6H3,(H,30,34)(H,32,33). The van der Waals surface area contributed by atoms with Crippen LogP contribution < -0.4 is 5.32 Å². The predicted molar refractivity (Wildman–Crippen MR) is 140 cm³/mol. The maximum Gasteiger partial charge on any atom is 0.407 e. The van der Waals surface area contributed by atoms with Gasteiger partial charge in [-0.3, -0.25) is 4.98 Å². The van der Waals surface area contributed by atoms with Crippen molar-refractivity contribution in [1.29, 1.82) is 0 Å². The Balaban J connectivity index is 2.23. The molecular weight excluding hydrogens is 440 g/mol. The first kappa shape index (κ1) is 25.9. The number of aromatic nitrogens is 1. The zero-order valence-corrected chi connectivity index (χ0v) is 21.3. The summed E-state index contributed by atoms with van der Waals surface area (Å²) in [5.74, 6) is -0.639. The number of carbonyl (C=O) groups is 2. The summed E-state index contributed by atoms with van der Waals surface area (Å²) in [4.78, 5) is 28.5. The number of nitrogens with one attached hydrogen (secondary N) is 1. The summed E-state index contributed by atoms with van der Waals surface area (Å²) in [7, 11) is 0. The molecule has 6 heteroatoms. The van der Waals surface area contributed by atoms with Gasteiger partial charge in [0.25, 0.3) is 0 Å². The number of pyridine rings is 1. The molecule has 0 fully saturated rings. The lowest BCUT2D eigenvalue weighted by atomic mass is 9.90. The van der Waals surface area contributed by atoms with E-state index in [1.54, 1.807) is 6.08 Å². The zero-order valence-electron chi connectivity index (χ0n) is 21.3. The van der Waals surface area contributed by atoms with Crippen molar-refractivity contribution in [2.75, 3.05) is 0 Å². The van der Waals surface area contributed by atoms with Gasteiger partial charge in [0.1, 0.15) is 5.60 Å². The number of rotatable bonds is 7. The normalized spacial score (nSPS) is 11.9. The van der Waals surface area contributed by atoms with Gasteiger partial charge in [0.05, 0.1) is 5.52 Å². The highest BCUT2D eigenvalue weighted by atomic mass is 16.6. The Hall–Kier alpha value is -3.67. The largest absolute Gasteiger partial charge is 0.478 e. The van der Waals surface area contributed by atoms with Crippen molar-refractivity contribution >= 4 is 29.0 Å². The van der Waals surface area contributed by atoms with Crippen molar-refractivity contribution in [3.63, 3.8) is 0 Å². The molecule has 1 aromatic heterocycles. The second kappa shape index (κ2) is 10.7. The van der Waals surface area contributed by atoms with Gasteiger partial charge in [0.15, 0.2) is 0 Å². The molecule has 0 aliphatic rings. The van der Waals surface area contributed by atoms with Crippen LogP contribution in [0.3, 0.4) is 0 Å². The number of carbonyl (C=O) groups excluding carboxylic acids is 1. The number of carboxylic acid groups (broad SMARTS) is 1. The molecule has 0 aliphatic heterocycles. The number of ether oxygens (including phenoxy) is 1. The Morgan fingerprint density at radius 3 is 2.40 bits per heavy atom. The second-order valence-corrected chi connectivity index (χ2v) is 10.2. The maximum absolute atomic E-state index is 12.5. The van der Waals surface area contributed by atoms with Gasteiger partial charge in [-0.2, -0.15) is 0 Å². The van der Waals surface area contributed by atoms with E-state index in [9.17, 15) is 9.59 Å². The molecule has 184 valence electrons. The third-order valence-corrected chi connectivity index (χ3v) is 5.36. The van der Waals surface area contributed by atoms with Crippen molar-refractivity contribution in [2.24, 2.45) is 5.92 Å². The molecule has 0 saturated heterocycles. The summed E-state index contributed by atoms with van der Waals surface area (Å²) < 4.78 is 5.47. The Morgan fingerprint density at radius 1 is 1.11 bits per heavy atom. The average Bonchev–Trinajstić information content (AvgIpc) is 2.75. The minimum absolute atomic E-state index is 0.262. The summed E-state index contributed by atoms with van der Waals surface area (Å²) in [6, 6.07) is 14.0. The van der Waals surface area contributed by atoms with E-state index >= 15 is 0 Å². The number of aryl methyl sites for hydroxylation is 1. The molecule has 0 aliphatic carbocycles. The topological polar surface area (TPSA) is 88.5 Å². The predicted octanol–water partition coefficient (Wildman–Crippen LogP) is 6.53. The second-order valence-electron chi connectivity index (χ2n) is 10.2. The van der Waals surface area contributed by atoms with Crippen molar-refractivity contribution in [3.8, 4) is 11.1 Å². The molecule has 6 nitrogen and oxygen atoms in total. The van der Waals surface area contributed by atoms with Gasteiger partial charge in [0.2, 0.25) is 0 Å². The monoisotopic (exact) mass is 474 g/mol. The minimum Gasteiger partial charge on any atom is -0.478 e. The van der Waals surface area contributed by atoms with E-state index in [2.05, 4.69) is 43.4 Å². The van der Waals surface area contributed by atoms with Crippen LogP contribution in [0.4, 0.5) is 4.79 Å². The Kier molecular flexibility index (Phi) is 7.95. The number of amides is 1. The van der Waals surface area contributed by atoms with Crippen molar-refractivity contribution in [3.05, 3.63) is 70.9 Å². The summed E-state index contributed by atoms with van der Waals surface area (Å²) in [5.41, 5.74) is 5.97. The molecular formula is C29H34N2O4. The lowest BCUT2D eigenvalue weighted by molar-refractivity contribution is -0.131. The van der Waals surface area contributed by atoms with E-state index in [1.165, 1.54) is 0 Å². The lowest BCUT2D eigenvalue weighted by Crippen LogP contribution is -2.32. The Bertz CT molecular complexity index is 1250. The van der Waals surface area contributed by atoms with E-state index in [0.29, 0.717) is 5.92 Å². The molecule has 2 N–H and O–H groups in total. The number of nitrogens with zero attached hydrogens (tertiary/aromatic N) is 1. The highest BCUT2D eigenvalue weighted by Gasteiger charge is 2.21. The molecule has 35 heavy (non-hydrogen) atoms. The first-order valence-corrected chi connectivity index (χ1v) is 11.8. The number of fused-ring (bicyclic) bond motifs is 1. The van der Waals surface area contributed by atoms with Gasteiger partial charge in [-0.15, -0.1) is 0 Å². The number of carboxylic acids is 1. The molecule has 0 unspecified atom stereocenters. The maximum atomic E-state index is 12.5. The molecule has 1 amide bonds. The van der Waals surface area contributed by atoms with E-state index in [4.69, 9.17) is 14.8 Å².